The predicted octanol–water partition coefficient (Wildman–Crippen LogP) is 3.59. The molecule has 3 aromatic rings. The van der Waals surface area contributed by atoms with Crippen LogP contribution in [0.1, 0.15) is 18.6 Å². The summed E-state index contributed by atoms with van der Waals surface area (Å²) in [7, 11) is 0. The zero-order valence-corrected chi connectivity index (χ0v) is 12.7. The zero-order valence-electron chi connectivity index (χ0n) is 12.0. The Morgan fingerprint density at radius 3 is 2.64 bits per heavy atom. The van der Waals surface area contributed by atoms with Gasteiger partial charge in [-0.15, -0.1) is 0 Å². The van der Waals surface area contributed by atoms with Crippen molar-refractivity contribution in [3.8, 4) is 5.75 Å². The molecule has 0 saturated heterocycles. The molecule has 5 nitrogen and oxygen atoms in total. The molecule has 1 atom stereocenters. The lowest BCUT2D eigenvalue weighted by Gasteiger charge is -2.17. The Kier molecular flexibility index (Phi) is 3.73. The minimum absolute atomic E-state index is 0.144. The maximum absolute atomic E-state index is 6.03. The molecular weight excluding hydrogens is 300 g/mol. The summed E-state index contributed by atoms with van der Waals surface area (Å²) in [5.74, 6) is 1.06. The van der Waals surface area contributed by atoms with E-state index in [1.807, 2.05) is 49.4 Å². The third-order valence-corrected chi connectivity index (χ3v) is 3.59. The largest absolute Gasteiger partial charge is 0.485 e. The molecule has 1 aromatic heterocycles. The molecule has 0 aliphatic carbocycles. The van der Waals surface area contributed by atoms with Crippen molar-refractivity contribution in [3.05, 3.63) is 53.1 Å². The molecule has 1 unspecified atom stereocenters. The van der Waals surface area contributed by atoms with Crippen LogP contribution in [0.2, 0.25) is 5.02 Å². The topological polar surface area (TPSA) is 87.0 Å². The Morgan fingerprint density at radius 1 is 1.09 bits per heavy atom. The van der Waals surface area contributed by atoms with E-state index in [4.69, 9.17) is 27.8 Å². The SMILES string of the molecule is CC(Oc1cccc2nc(N)nc(N)c12)c1cccc(Cl)c1. The number of benzene rings is 2. The average molecular weight is 315 g/mol. The molecule has 112 valence electrons. The molecule has 0 fully saturated rings. The third-order valence-electron chi connectivity index (χ3n) is 3.35. The maximum atomic E-state index is 6.03. The molecule has 0 aliphatic rings. The fourth-order valence-electron chi connectivity index (χ4n) is 2.31. The first kappa shape index (κ1) is 14.4. The summed E-state index contributed by atoms with van der Waals surface area (Å²) in [6, 6.07) is 13.0. The molecule has 2 aromatic carbocycles. The minimum Gasteiger partial charge on any atom is -0.485 e. The van der Waals surface area contributed by atoms with E-state index in [0.717, 1.165) is 5.56 Å². The number of nitrogens with two attached hydrogens (primary N) is 2. The summed E-state index contributed by atoms with van der Waals surface area (Å²) in [5.41, 5.74) is 13.2. The van der Waals surface area contributed by atoms with Crippen molar-refractivity contribution in [1.29, 1.82) is 0 Å². The molecule has 3 rings (SSSR count). The fourth-order valence-corrected chi connectivity index (χ4v) is 2.51. The van der Waals surface area contributed by atoms with Crippen LogP contribution < -0.4 is 16.2 Å². The number of hydrogen-bond acceptors (Lipinski definition) is 5. The van der Waals surface area contributed by atoms with Gasteiger partial charge in [0.25, 0.3) is 0 Å². The van der Waals surface area contributed by atoms with Crippen LogP contribution in [-0.4, -0.2) is 9.97 Å². The highest BCUT2D eigenvalue weighted by molar-refractivity contribution is 6.30. The number of anilines is 2. The molecule has 0 spiro atoms. The van der Waals surface area contributed by atoms with Crippen LogP contribution in [0.15, 0.2) is 42.5 Å². The monoisotopic (exact) mass is 314 g/mol. The molecular formula is C16H15ClN4O. The second kappa shape index (κ2) is 5.69. The molecule has 4 N–H and O–H groups in total. The van der Waals surface area contributed by atoms with Crippen LogP contribution in [0.25, 0.3) is 10.9 Å². The first-order valence-electron chi connectivity index (χ1n) is 6.78. The summed E-state index contributed by atoms with van der Waals surface area (Å²) in [6.07, 6.45) is -0.193. The van der Waals surface area contributed by atoms with Crippen molar-refractivity contribution in [2.45, 2.75) is 13.0 Å². The summed E-state index contributed by atoms with van der Waals surface area (Å²) in [4.78, 5) is 8.18. The summed E-state index contributed by atoms with van der Waals surface area (Å²) >= 11 is 6.02. The van der Waals surface area contributed by atoms with Crippen LogP contribution in [-0.2, 0) is 0 Å². The quantitative estimate of drug-likeness (QED) is 0.771. The van der Waals surface area contributed by atoms with Gasteiger partial charge in [-0.25, -0.2) is 4.98 Å². The molecule has 0 saturated carbocycles. The number of rotatable bonds is 3. The van der Waals surface area contributed by atoms with Crippen molar-refractivity contribution in [2.24, 2.45) is 0 Å². The molecule has 1 heterocycles. The van der Waals surface area contributed by atoms with Crippen LogP contribution in [0.5, 0.6) is 5.75 Å². The lowest BCUT2D eigenvalue weighted by atomic mass is 10.1. The smallest absolute Gasteiger partial charge is 0.222 e. The van der Waals surface area contributed by atoms with Gasteiger partial charge in [0.05, 0.1) is 10.9 Å². The molecule has 0 amide bonds. The number of ether oxygens (including phenoxy) is 1. The second-order valence-electron chi connectivity index (χ2n) is 4.93. The van der Waals surface area contributed by atoms with Gasteiger partial charge in [0, 0.05) is 5.02 Å². The molecule has 6 heteroatoms. The van der Waals surface area contributed by atoms with Crippen molar-refractivity contribution >= 4 is 34.3 Å². The normalized spacial score (nSPS) is 12.3. The van der Waals surface area contributed by atoms with Crippen molar-refractivity contribution in [3.63, 3.8) is 0 Å². The molecule has 22 heavy (non-hydrogen) atoms. The number of fused-ring (bicyclic) bond motifs is 1. The average Bonchev–Trinajstić information content (AvgIpc) is 2.46. The standard InChI is InChI=1S/C16H15ClN4O/c1-9(10-4-2-5-11(17)8-10)22-13-7-3-6-12-14(13)15(18)21-16(19)20-12/h2-9H,1H3,(H4,18,19,20,21). The highest BCUT2D eigenvalue weighted by atomic mass is 35.5. The van der Waals surface area contributed by atoms with E-state index in [0.29, 0.717) is 27.5 Å². The van der Waals surface area contributed by atoms with Gasteiger partial charge < -0.3 is 16.2 Å². The highest BCUT2D eigenvalue weighted by Gasteiger charge is 2.13. The van der Waals surface area contributed by atoms with Crippen LogP contribution in [0, 0.1) is 0 Å². The van der Waals surface area contributed by atoms with Crippen molar-refractivity contribution < 1.29 is 4.74 Å². The number of hydrogen-bond donors (Lipinski definition) is 2. The van der Waals surface area contributed by atoms with Gasteiger partial charge in [0.1, 0.15) is 17.7 Å². The predicted molar refractivity (Wildman–Crippen MR) is 88.9 cm³/mol. The Bertz CT molecular complexity index is 837. The Balaban J connectivity index is 2.00. The summed E-state index contributed by atoms with van der Waals surface area (Å²) in [5, 5.41) is 1.33. The number of nitrogen functional groups attached to an aromatic ring is 2. The van der Waals surface area contributed by atoms with E-state index in [1.165, 1.54) is 0 Å². The van der Waals surface area contributed by atoms with E-state index in [1.54, 1.807) is 0 Å². The van der Waals surface area contributed by atoms with Gasteiger partial charge in [-0.3, -0.25) is 0 Å². The van der Waals surface area contributed by atoms with Gasteiger partial charge in [-0.05, 0) is 36.8 Å². The Hall–Kier alpha value is -2.53. The minimum atomic E-state index is -0.193. The lowest BCUT2D eigenvalue weighted by molar-refractivity contribution is 0.230. The van der Waals surface area contributed by atoms with Gasteiger partial charge >= 0.3 is 0 Å². The summed E-state index contributed by atoms with van der Waals surface area (Å²) in [6.45, 7) is 1.94. The maximum Gasteiger partial charge on any atom is 0.222 e. The van der Waals surface area contributed by atoms with Crippen LogP contribution in [0.3, 0.4) is 0 Å². The highest BCUT2D eigenvalue weighted by Crippen LogP contribution is 2.32. The molecule has 0 radical (unpaired) electrons. The van der Waals surface area contributed by atoms with Crippen LogP contribution in [0.4, 0.5) is 11.8 Å². The fraction of sp³-hybridized carbons (Fsp3) is 0.125. The first-order valence-corrected chi connectivity index (χ1v) is 7.16. The van der Waals surface area contributed by atoms with E-state index in [9.17, 15) is 0 Å². The third kappa shape index (κ3) is 2.76. The van der Waals surface area contributed by atoms with E-state index in [-0.39, 0.29) is 12.1 Å². The first-order chi connectivity index (χ1) is 10.5. The van der Waals surface area contributed by atoms with E-state index >= 15 is 0 Å². The number of aromatic nitrogens is 2. The second-order valence-corrected chi connectivity index (χ2v) is 5.37. The van der Waals surface area contributed by atoms with E-state index in [2.05, 4.69) is 9.97 Å². The van der Waals surface area contributed by atoms with Gasteiger partial charge in [-0.2, -0.15) is 4.98 Å². The summed E-state index contributed by atoms with van der Waals surface area (Å²) < 4.78 is 6.03. The number of halogens is 1. The van der Waals surface area contributed by atoms with Gasteiger partial charge in [-0.1, -0.05) is 29.8 Å². The van der Waals surface area contributed by atoms with Crippen molar-refractivity contribution in [1.82, 2.24) is 9.97 Å². The van der Waals surface area contributed by atoms with Gasteiger partial charge in [0.2, 0.25) is 5.95 Å². The van der Waals surface area contributed by atoms with Gasteiger partial charge in [0.15, 0.2) is 0 Å². The zero-order chi connectivity index (χ0) is 15.7. The van der Waals surface area contributed by atoms with E-state index < -0.39 is 0 Å². The lowest BCUT2D eigenvalue weighted by Crippen LogP contribution is -2.06. The Morgan fingerprint density at radius 2 is 1.86 bits per heavy atom. The Labute approximate surface area is 132 Å². The van der Waals surface area contributed by atoms with Crippen molar-refractivity contribution in [2.75, 3.05) is 11.5 Å². The number of nitrogens with zero attached hydrogens (tertiary/aromatic N) is 2. The van der Waals surface area contributed by atoms with Crippen LogP contribution >= 0.6 is 11.6 Å². The molecule has 0 bridgehead atoms. The molecule has 0 aliphatic heterocycles.